The molecule has 1 aliphatic rings. The van der Waals surface area contributed by atoms with Crippen molar-refractivity contribution in [3.05, 3.63) is 59.4 Å². The van der Waals surface area contributed by atoms with Gasteiger partial charge >= 0.3 is 0 Å². The number of ether oxygens (including phenoxy) is 2. The number of amides is 1. The van der Waals surface area contributed by atoms with E-state index in [1.54, 1.807) is 19.2 Å². The normalized spacial score (nSPS) is 15.3. The molecule has 1 heterocycles. The molecule has 6 nitrogen and oxygen atoms in total. The first-order chi connectivity index (χ1) is 14.5. The molecule has 1 atom stereocenters. The number of piperazine rings is 1. The zero-order valence-corrected chi connectivity index (χ0v) is 17.3. The van der Waals surface area contributed by atoms with Gasteiger partial charge in [-0.1, -0.05) is 18.2 Å². The molecule has 0 aliphatic carbocycles. The van der Waals surface area contributed by atoms with Crippen molar-refractivity contribution in [2.75, 3.05) is 40.4 Å². The molecule has 0 bridgehead atoms. The molecule has 0 spiro atoms. The van der Waals surface area contributed by atoms with Crippen molar-refractivity contribution in [1.82, 2.24) is 9.80 Å². The molecule has 1 amide bonds. The monoisotopic (exact) mass is 411 g/mol. The van der Waals surface area contributed by atoms with Gasteiger partial charge in [-0.3, -0.25) is 9.69 Å². The summed E-state index contributed by atoms with van der Waals surface area (Å²) in [4.78, 5) is 16.5. The standard InChI is InChI=1S/C23H26FN3O3/c1-29-19-7-5-18(6-8-19)21(16-25)26-11-13-27(14-12-26)23(28)10-4-17-3-9-22(30-2)20(24)15-17/h3,5-9,15,21H,4,10-14H2,1-2H3. The number of methoxy groups -OCH3 is 2. The zero-order valence-electron chi connectivity index (χ0n) is 17.3. The fraction of sp³-hybridized carbons (Fsp3) is 0.391. The molecule has 1 unspecified atom stereocenters. The van der Waals surface area contributed by atoms with Gasteiger partial charge in [0.2, 0.25) is 5.91 Å². The van der Waals surface area contributed by atoms with E-state index >= 15 is 0 Å². The summed E-state index contributed by atoms with van der Waals surface area (Å²) < 4.78 is 23.9. The minimum absolute atomic E-state index is 0.0452. The van der Waals surface area contributed by atoms with E-state index in [1.807, 2.05) is 29.2 Å². The van der Waals surface area contributed by atoms with Gasteiger partial charge in [0.25, 0.3) is 0 Å². The van der Waals surface area contributed by atoms with Crippen LogP contribution < -0.4 is 9.47 Å². The summed E-state index contributed by atoms with van der Waals surface area (Å²) in [6.07, 6.45) is 0.804. The smallest absolute Gasteiger partial charge is 0.222 e. The number of aryl methyl sites for hydroxylation is 1. The molecule has 0 N–H and O–H groups in total. The second kappa shape index (κ2) is 10.1. The van der Waals surface area contributed by atoms with Crippen LogP contribution in [-0.2, 0) is 11.2 Å². The summed E-state index contributed by atoms with van der Waals surface area (Å²) in [7, 11) is 3.03. The highest BCUT2D eigenvalue weighted by Gasteiger charge is 2.27. The Balaban J connectivity index is 1.52. The lowest BCUT2D eigenvalue weighted by Crippen LogP contribution is -2.49. The van der Waals surface area contributed by atoms with Crippen LogP contribution in [-0.4, -0.2) is 56.1 Å². The maximum Gasteiger partial charge on any atom is 0.222 e. The molecular formula is C23H26FN3O3. The Kier molecular flexibility index (Phi) is 7.26. The van der Waals surface area contributed by atoms with Crippen molar-refractivity contribution in [3.63, 3.8) is 0 Å². The van der Waals surface area contributed by atoms with E-state index in [0.29, 0.717) is 39.0 Å². The Bertz CT molecular complexity index is 903. The summed E-state index contributed by atoms with van der Waals surface area (Å²) in [5.74, 6) is 0.577. The highest BCUT2D eigenvalue weighted by molar-refractivity contribution is 5.76. The maximum absolute atomic E-state index is 13.8. The number of rotatable bonds is 7. The van der Waals surface area contributed by atoms with Crippen LogP contribution in [0, 0.1) is 17.1 Å². The third kappa shape index (κ3) is 5.08. The van der Waals surface area contributed by atoms with Gasteiger partial charge in [0.05, 0.1) is 20.3 Å². The maximum atomic E-state index is 13.8. The third-order valence-electron chi connectivity index (χ3n) is 5.43. The van der Waals surface area contributed by atoms with Gasteiger partial charge in [0, 0.05) is 32.6 Å². The Morgan fingerprint density at radius 3 is 2.37 bits per heavy atom. The highest BCUT2D eigenvalue weighted by Crippen LogP contribution is 2.24. The van der Waals surface area contributed by atoms with Gasteiger partial charge in [-0.25, -0.2) is 4.39 Å². The first kappa shape index (κ1) is 21.6. The molecule has 7 heteroatoms. The van der Waals surface area contributed by atoms with E-state index in [9.17, 15) is 14.4 Å². The molecule has 2 aromatic carbocycles. The SMILES string of the molecule is COc1ccc(C(C#N)N2CCN(C(=O)CCc3ccc(OC)c(F)c3)CC2)cc1. The van der Waals surface area contributed by atoms with Crippen molar-refractivity contribution < 1.29 is 18.7 Å². The number of carbonyl (C=O) groups excluding carboxylic acids is 1. The first-order valence-electron chi connectivity index (χ1n) is 9.93. The lowest BCUT2D eigenvalue weighted by atomic mass is 10.0. The predicted octanol–water partition coefficient (Wildman–Crippen LogP) is 3.18. The van der Waals surface area contributed by atoms with Gasteiger partial charge in [0.15, 0.2) is 11.6 Å². The largest absolute Gasteiger partial charge is 0.497 e. The van der Waals surface area contributed by atoms with E-state index in [-0.39, 0.29) is 17.7 Å². The highest BCUT2D eigenvalue weighted by atomic mass is 19.1. The average Bonchev–Trinajstić information content (AvgIpc) is 2.79. The second-order valence-corrected chi connectivity index (χ2v) is 7.19. The quantitative estimate of drug-likeness (QED) is 0.700. The lowest BCUT2D eigenvalue weighted by Gasteiger charge is -2.37. The predicted molar refractivity (Wildman–Crippen MR) is 111 cm³/mol. The molecule has 1 aliphatic heterocycles. The van der Waals surface area contributed by atoms with Crippen molar-refractivity contribution in [1.29, 1.82) is 5.26 Å². The first-order valence-corrected chi connectivity index (χ1v) is 9.93. The van der Waals surface area contributed by atoms with Crippen LogP contribution in [0.4, 0.5) is 4.39 Å². The minimum atomic E-state index is -0.419. The molecule has 158 valence electrons. The molecule has 30 heavy (non-hydrogen) atoms. The molecule has 0 saturated carbocycles. The Morgan fingerprint density at radius 2 is 1.80 bits per heavy atom. The number of carbonyl (C=O) groups is 1. The lowest BCUT2D eigenvalue weighted by molar-refractivity contribution is -0.133. The third-order valence-corrected chi connectivity index (χ3v) is 5.43. The van der Waals surface area contributed by atoms with E-state index in [1.165, 1.54) is 13.2 Å². The van der Waals surface area contributed by atoms with Crippen LogP contribution in [0.3, 0.4) is 0 Å². The van der Waals surface area contributed by atoms with Crippen LogP contribution in [0.25, 0.3) is 0 Å². The van der Waals surface area contributed by atoms with E-state index < -0.39 is 5.82 Å². The van der Waals surface area contributed by atoms with Crippen molar-refractivity contribution in [3.8, 4) is 17.6 Å². The molecule has 0 aromatic heterocycles. The number of hydrogen-bond donors (Lipinski definition) is 0. The Labute approximate surface area is 176 Å². The second-order valence-electron chi connectivity index (χ2n) is 7.19. The van der Waals surface area contributed by atoms with Crippen molar-refractivity contribution in [2.24, 2.45) is 0 Å². The summed E-state index contributed by atoms with van der Waals surface area (Å²) in [5.41, 5.74) is 1.68. The van der Waals surface area contributed by atoms with E-state index in [2.05, 4.69) is 11.0 Å². The fourth-order valence-electron chi connectivity index (χ4n) is 3.66. The molecular weight excluding hydrogens is 385 g/mol. The van der Waals surface area contributed by atoms with Crippen molar-refractivity contribution >= 4 is 5.91 Å². The number of nitriles is 1. The topological polar surface area (TPSA) is 65.8 Å². The molecule has 1 fully saturated rings. The zero-order chi connectivity index (χ0) is 21.5. The van der Waals surface area contributed by atoms with Crippen molar-refractivity contribution in [2.45, 2.75) is 18.9 Å². The fourth-order valence-corrected chi connectivity index (χ4v) is 3.66. The Morgan fingerprint density at radius 1 is 1.10 bits per heavy atom. The molecule has 0 radical (unpaired) electrons. The van der Waals surface area contributed by atoms with Gasteiger partial charge in [-0.15, -0.1) is 0 Å². The van der Waals surface area contributed by atoms with Gasteiger partial charge < -0.3 is 14.4 Å². The number of nitrogens with zero attached hydrogens (tertiary/aromatic N) is 3. The van der Waals surface area contributed by atoms with E-state index in [4.69, 9.17) is 9.47 Å². The van der Waals surface area contributed by atoms with Crippen LogP contribution >= 0.6 is 0 Å². The van der Waals surface area contributed by atoms with Gasteiger partial charge in [-0.2, -0.15) is 5.26 Å². The number of halogens is 1. The number of hydrogen-bond acceptors (Lipinski definition) is 5. The summed E-state index contributed by atoms with van der Waals surface area (Å²) in [6.45, 7) is 2.41. The molecule has 2 aromatic rings. The summed E-state index contributed by atoms with van der Waals surface area (Å²) in [6, 6.07) is 14.3. The molecule has 1 saturated heterocycles. The summed E-state index contributed by atoms with van der Waals surface area (Å²) >= 11 is 0. The van der Waals surface area contributed by atoms with E-state index in [0.717, 1.165) is 16.9 Å². The van der Waals surface area contributed by atoms with Crippen LogP contribution in [0.15, 0.2) is 42.5 Å². The van der Waals surface area contributed by atoms with Gasteiger partial charge in [-0.05, 0) is 41.8 Å². The van der Waals surface area contributed by atoms with Crippen LogP contribution in [0.1, 0.15) is 23.6 Å². The summed E-state index contributed by atoms with van der Waals surface area (Å²) in [5, 5.41) is 9.66. The van der Waals surface area contributed by atoms with Gasteiger partial charge in [0.1, 0.15) is 11.8 Å². The average molecular weight is 411 g/mol. The Hall–Kier alpha value is -3.11. The van der Waals surface area contributed by atoms with Crippen LogP contribution in [0.2, 0.25) is 0 Å². The minimum Gasteiger partial charge on any atom is -0.497 e. The number of benzene rings is 2. The molecule has 3 rings (SSSR count). The van der Waals surface area contributed by atoms with Crippen LogP contribution in [0.5, 0.6) is 11.5 Å².